The Hall–Kier alpha value is -0.890. The van der Waals surface area contributed by atoms with Crippen molar-refractivity contribution in [2.45, 2.75) is 25.1 Å². The van der Waals surface area contributed by atoms with Crippen LogP contribution in [0.4, 0.5) is 4.39 Å². The molecule has 64 valence electrons. The standard InChI is InChI=1S/C10H11FO/c11-10-5-9(10)8-3-1-2-7(4-8)6-12/h1-4,9-10,12H,5-6H2. The van der Waals surface area contributed by atoms with Crippen molar-refractivity contribution in [2.24, 2.45) is 0 Å². The summed E-state index contributed by atoms with van der Waals surface area (Å²) < 4.78 is 12.6. The molecule has 0 spiro atoms. The van der Waals surface area contributed by atoms with Crippen LogP contribution in [0.3, 0.4) is 0 Å². The highest BCUT2D eigenvalue weighted by Gasteiger charge is 2.38. The predicted molar refractivity (Wildman–Crippen MR) is 44.6 cm³/mol. The molecular weight excluding hydrogens is 155 g/mol. The van der Waals surface area contributed by atoms with Gasteiger partial charge in [-0.1, -0.05) is 24.3 Å². The number of alkyl halides is 1. The molecule has 1 nitrogen and oxygen atoms in total. The second-order valence-corrected chi connectivity index (χ2v) is 3.26. The zero-order valence-electron chi connectivity index (χ0n) is 6.70. The van der Waals surface area contributed by atoms with E-state index in [1.54, 1.807) is 0 Å². The van der Waals surface area contributed by atoms with Crippen LogP contribution >= 0.6 is 0 Å². The van der Waals surface area contributed by atoms with E-state index in [1.165, 1.54) is 0 Å². The van der Waals surface area contributed by atoms with E-state index < -0.39 is 6.17 Å². The first-order chi connectivity index (χ1) is 5.81. The van der Waals surface area contributed by atoms with E-state index in [1.807, 2.05) is 24.3 Å². The highest BCUT2D eigenvalue weighted by Crippen LogP contribution is 2.43. The fourth-order valence-electron chi connectivity index (χ4n) is 1.43. The van der Waals surface area contributed by atoms with Crippen LogP contribution < -0.4 is 0 Å². The van der Waals surface area contributed by atoms with Gasteiger partial charge in [-0.15, -0.1) is 0 Å². The lowest BCUT2D eigenvalue weighted by atomic mass is 10.1. The highest BCUT2D eigenvalue weighted by molar-refractivity contribution is 5.30. The molecule has 0 aliphatic heterocycles. The van der Waals surface area contributed by atoms with Crippen molar-refractivity contribution in [3.8, 4) is 0 Å². The molecule has 0 amide bonds. The Labute approximate surface area is 70.8 Å². The molecule has 2 heteroatoms. The normalized spacial score (nSPS) is 27.2. The number of aliphatic hydroxyl groups is 1. The molecule has 1 aromatic rings. The van der Waals surface area contributed by atoms with E-state index in [0.717, 1.165) is 11.1 Å². The van der Waals surface area contributed by atoms with Gasteiger partial charge in [0.25, 0.3) is 0 Å². The predicted octanol–water partition coefficient (Wildman–Crippen LogP) is 2.00. The Balaban J connectivity index is 2.21. The van der Waals surface area contributed by atoms with E-state index >= 15 is 0 Å². The van der Waals surface area contributed by atoms with Crippen LogP contribution in [0.15, 0.2) is 24.3 Å². The maximum absolute atomic E-state index is 12.6. The first-order valence-electron chi connectivity index (χ1n) is 4.15. The Kier molecular flexibility index (Phi) is 1.85. The molecule has 0 aromatic heterocycles. The molecule has 2 rings (SSSR count). The Morgan fingerprint density at radius 2 is 2.25 bits per heavy atom. The lowest BCUT2D eigenvalue weighted by molar-refractivity contribution is 0.281. The van der Waals surface area contributed by atoms with Gasteiger partial charge in [0.05, 0.1) is 6.61 Å². The molecule has 12 heavy (non-hydrogen) atoms. The molecule has 2 atom stereocenters. The molecule has 1 fully saturated rings. The SMILES string of the molecule is OCc1cccc(C2CC2F)c1. The zero-order chi connectivity index (χ0) is 8.55. The van der Waals surface area contributed by atoms with Gasteiger partial charge in [0.15, 0.2) is 0 Å². The minimum absolute atomic E-state index is 0.0392. The van der Waals surface area contributed by atoms with Crippen molar-refractivity contribution in [2.75, 3.05) is 0 Å². The number of hydrogen-bond donors (Lipinski definition) is 1. The first-order valence-corrected chi connectivity index (χ1v) is 4.15. The first kappa shape index (κ1) is 7.74. The third kappa shape index (κ3) is 1.34. The number of hydrogen-bond acceptors (Lipinski definition) is 1. The average Bonchev–Trinajstić information content (AvgIpc) is 2.83. The van der Waals surface area contributed by atoms with Crippen molar-refractivity contribution in [1.29, 1.82) is 0 Å². The van der Waals surface area contributed by atoms with E-state index in [4.69, 9.17) is 5.11 Å². The van der Waals surface area contributed by atoms with Gasteiger partial charge in [-0.25, -0.2) is 4.39 Å². The molecule has 0 heterocycles. The van der Waals surface area contributed by atoms with Crippen molar-refractivity contribution >= 4 is 0 Å². The summed E-state index contributed by atoms with van der Waals surface area (Å²) >= 11 is 0. The molecule has 0 saturated heterocycles. The summed E-state index contributed by atoms with van der Waals surface area (Å²) in [6.45, 7) is 0.0392. The molecule has 0 radical (unpaired) electrons. The number of aliphatic hydroxyl groups excluding tert-OH is 1. The Morgan fingerprint density at radius 1 is 1.50 bits per heavy atom. The summed E-state index contributed by atoms with van der Waals surface area (Å²) in [5, 5.41) is 8.84. The third-order valence-corrected chi connectivity index (χ3v) is 2.27. The molecule has 0 bridgehead atoms. The second kappa shape index (κ2) is 2.87. The van der Waals surface area contributed by atoms with E-state index in [-0.39, 0.29) is 12.5 Å². The smallest absolute Gasteiger partial charge is 0.108 e. The molecule has 1 aliphatic rings. The molecule has 1 saturated carbocycles. The number of benzene rings is 1. The van der Waals surface area contributed by atoms with Gasteiger partial charge in [-0.3, -0.25) is 0 Å². The van der Waals surface area contributed by atoms with Crippen molar-refractivity contribution in [3.63, 3.8) is 0 Å². The van der Waals surface area contributed by atoms with Gasteiger partial charge < -0.3 is 5.11 Å². The van der Waals surface area contributed by atoms with Gasteiger partial charge in [0.1, 0.15) is 6.17 Å². The van der Waals surface area contributed by atoms with Crippen LogP contribution in [0, 0.1) is 0 Å². The molecule has 2 unspecified atom stereocenters. The summed E-state index contributed by atoms with van der Waals surface area (Å²) in [5.41, 5.74) is 1.89. The van der Waals surface area contributed by atoms with E-state index in [0.29, 0.717) is 6.42 Å². The quantitative estimate of drug-likeness (QED) is 0.712. The van der Waals surface area contributed by atoms with Crippen LogP contribution in [0.5, 0.6) is 0 Å². The van der Waals surface area contributed by atoms with Gasteiger partial charge in [-0.05, 0) is 17.5 Å². The van der Waals surface area contributed by atoms with Gasteiger partial charge in [-0.2, -0.15) is 0 Å². The number of rotatable bonds is 2. The lowest BCUT2D eigenvalue weighted by Gasteiger charge is -1.99. The van der Waals surface area contributed by atoms with Crippen LogP contribution in [0.1, 0.15) is 23.5 Å². The Morgan fingerprint density at radius 3 is 2.83 bits per heavy atom. The largest absolute Gasteiger partial charge is 0.392 e. The highest BCUT2D eigenvalue weighted by atomic mass is 19.1. The topological polar surface area (TPSA) is 20.2 Å². The molecular formula is C10H11FO. The third-order valence-electron chi connectivity index (χ3n) is 2.27. The fraction of sp³-hybridized carbons (Fsp3) is 0.400. The van der Waals surface area contributed by atoms with E-state index in [2.05, 4.69) is 0 Å². The van der Waals surface area contributed by atoms with Gasteiger partial charge >= 0.3 is 0 Å². The van der Waals surface area contributed by atoms with Crippen molar-refractivity contribution in [1.82, 2.24) is 0 Å². The van der Waals surface area contributed by atoms with Crippen LogP contribution in [0.2, 0.25) is 0 Å². The van der Waals surface area contributed by atoms with Crippen molar-refractivity contribution in [3.05, 3.63) is 35.4 Å². The summed E-state index contributed by atoms with van der Waals surface area (Å²) in [6.07, 6.45) is -0.00606. The minimum Gasteiger partial charge on any atom is -0.392 e. The van der Waals surface area contributed by atoms with Gasteiger partial charge in [0.2, 0.25) is 0 Å². The summed E-state index contributed by atoms with van der Waals surface area (Å²) in [4.78, 5) is 0. The summed E-state index contributed by atoms with van der Waals surface area (Å²) in [6, 6.07) is 7.51. The van der Waals surface area contributed by atoms with Crippen LogP contribution in [-0.4, -0.2) is 11.3 Å². The second-order valence-electron chi connectivity index (χ2n) is 3.26. The monoisotopic (exact) mass is 166 g/mol. The van der Waals surface area contributed by atoms with Gasteiger partial charge in [0, 0.05) is 5.92 Å². The van der Waals surface area contributed by atoms with Crippen LogP contribution in [-0.2, 0) is 6.61 Å². The summed E-state index contributed by atoms with van der Waals surface area (Å²) in [7, 11) is 0. The minimum atomic E-state index is -0.654. The van der Waals surface area contributed by atoms with E-state index in [9.17, 15) is 4.39 Å². The zero-order valence-corrected chi connectivity index (χ0v) is 6.70. The van der Waals surface area contributed by atoms with Crippen molar-refractivity contribution < 1.29 is 9.50 Å². The summed E-state index contributed by atoms with van der Waals surface area (Å²) in [5.74, 6) is 0.0940. The lowest BCUT2D eigenvalue weighted by Crippen LogP contribution is -1.87. The fourth-order valence-corrected chi connectivity index (χ4v) is 1.43. The maximum atomic E-state index is 12.6. The molecule has 1 N–H and O–H groups in total. The average molecular weight is 166 g/mol. The maximum Gasteiger partial charge on any atom is 0.108 e. The number of halogens is 1. The Bertz CT molecular complexity index is 285. The van der Waals surface area contributed by atoms with Crippen LogP contribution in [0.25, 0.3) is 0 Å². The molecule has 1 aliphatic carbocycles. The molecule has 1 aromatic carbocycles.